The molecule has 2 aliphatic rings. The predicted octanol–water partition coefficient (Wildman–Crippen LogP) is 1.55. The Balaban J connectivity index is 1.94. The molecule has 5 heteroatoms. The summed E-state index contributed by atoms with van der Waals surface area (Å²) in [5, 5.41) is 0. The van der Waals surface area contributed by atoms with E-state index in [2.05, 4.69) is 14.9 Å². The van der Waals surface area contributed by atoms with Crippen molar-refractivity contribution in [3.63, 3.8) is 0 Å². The molecule has 3 heterocycles. The van der Waals surface area contributed by atoms with Gasteiger partial charge in [0.05, 0.1) is 5.92 Å². The maximum absolute atomic E-state index is 11.9. The maximum Gasteiger partial charge on any atom is 0.235 e. The molecule has 96 valence electrons. The molecule has 0 spiro atoms. The third-order valence-electron chi connectivity index (χ3n) is 3.91. The molecule has 1 aromatic heterocycles. The predicted molar refractivity (Wildman–Crippen MR) is 69.9 cm³/mol. The lowest BCUT2D eigenvalue weighted by atomic mass is 10.1. The molecule has 0 N–H and O–H groups in total. The van der Waals surface area contributed by atoms with Crippen molar-refractivity contribution in [2.24, 2.45) is 0 Å². The molecule has 1 saturated heterocycles. The first-order valence-corrected chi connectivity index (χ1v) is 6.58. The molecule has 0 aliphatic carbocycles. The van der Waals surface area contributed by atoms with Crippen molar-refractivity contribution in [3.8, 4) is 0 Å². The first-order valence-electron chi connectivity index (χ1n) is 6.58. The number of fused-ring (bicyclic) bond motifs is 1. The lowest BCUT2D eigenvalue weighted by Crippen LogP contribution is -2.31. The van der Waals surface area contributed by atoms with Gasteiger partial charge in [0.2, 0.25) is 11.9 Å². The van der Waals surface area contributed by atoms with Gasteiger partial charge in [-0.25, -0.2) is 4.98 Å². The van der Waals surface area contributed by atoms with Gasteiger partial charge in [-0.1, -0.05) is 0 Å². The van der Waals surface area contributed by atoms with E-state index < -0.39 is 0 Å². The SMILES string of the molecule is CC1C(=O)N(C)c2nc(N3CCCCC3)ncc21. The highest BCUT2D eigenvalue weighted by Crippen LogP contribution is 2.35. The van der Waals surface area contributed by atoms with E-state index in [-0.39, 0.29) is 11.8 Å². The molecular weight excluding hydrogens is 228 g/mol. The normalized spacial score (nSPS) is 23.4. The van der Waals surface area contributed by atoms with E-state index in [1.165, 1.54) is 19.3 Å². The number of carbonyl (C=O) groups excluding carboxylic acids is 1. The van der Waals surface area contributed by atoms with E-state index in [0.717, 1.165) is 30.4 Å². The fraction of sp³-hybridized carbons (Fsp3) is 0.615. The van der Waals surface area contributed by atoms with Crippen LogP contribution < -0.4 is 9.80 Å². The van der Waals surface area contributed by atoms with Gasteiger partial charge in [0.25, 0.3) is 0 Å². The van der Waals surface area contributed by atoms with Crippen LogP contribution in [-0.4, -0.2) is 36.0 Å². The van der Waals surface area contributed by atoms with Crippen molar-refractivity contribution in [1.82, 2.24) is 9.97 Å². The Morgan fingerprint density at radius 3 is 2.72 bits per heavy atom. The van der Waals surface area contributed by atoms with Gasteiger partial charge in [-0.2, -0.15) is 4.98 Å². The summed E-state index contributed by atoms with van der Waals surface area (Å²) < 4.78 is 0. The van der Waals surface area contributed by atoms with Crippen LogP contribution in [0.15, 0.2) is 6.20 Å². The lowest BCUT2D eigenvalue weighted by Gasteiger charge is -2.27. The van der Waals surface area contributed by atoms with Gasteiger partial charge < -0.3 is 4.90 Å². The molecule has 1 aromatic rings. The van der Waals surface area contributed by atoms with Crippen LogP contribution in [0.5, 0.6) is 0 Å². The number of likely N-dealkylation sites (N-methyl/N-ethyl adjacent to an activating group) is 1. The Morgan fingerprint density at radius 2 is 2.00 bits per heavy atom. The van der Waals surface area contributed by atoms with Crippen molar-refractivity contribution in [2.75, 3.05) is 29.9 Å². The Morgan fingerprint density at radius 1 is 1.28 bits per heavy atom. The topological polar surface area (TPSA) is 49.3 Å². The van der Waals surface area contributed by atoms with E-state index in [1.807, 2.05) is 13.1 Å². The van der Waals surface area contributed by atoms with Gasteiger partial charge in [0.1, 0.15) is 5.82 Å². The zero-order valence-electron chi connectivity index (χ0n) is 10.9. The molecule has 5 nitrogen and oxygen atoms in total. The molecule has 0 saturated carbocycles. The molecule has 1 fully saturated rings. The second-order valence-electron chi connectivity index (χ2n) is 5.12. The number of anilines is 2. The highest BCUT2D eigenvalue weighted by Gasteiger charge is 2.34. The van der Waals surface area contributed by atoms with E-state index in [9.17, 15) is 4.79 Å². The minimum absolute atomic E-state index is 0.107. The van der Waals surface area contributed by atoms with Crippen molar-refractivity contribution in [2.45, 2.75) is 32.1 Å². The first-order chi connectivity index (χ1) is 8.68. The quantitative estimate of drug-likeness (QED) is 0.754. The Labute approximate surface area is 107 Å². The van der Waals surface area contributed by atoms with Crippen LogP contribution in [0.3, 0.4) is 0 Å². The summed E-state index contributed by atoms with van der Waals surface area (Å²) in [6, 6.07) is 0. The van der Waals surface area contributed by atoms with Crippen LogP contribution in [0, 0.1) is 0 Å². The fourth-order valence-electron chi connectivity index (χ4n) is 2.72. The average Bonchev–Trinajstić information content (AvgIpc) is 2.65. The first kappa shape index (κ1) is 11.4. The molecule has 2 aliphatic heterocycles. The largest absolute Gasteiger partial charge is 0.341 e. The number of hydrogen-bond donors (Lipinski definition) is 0. The van der Waals surface area contributed by atoms with Gasteiger partial charge in [-0.3, -0.25) is 9.69 Å². The summed E-state index contributed by atoms with van der Waals surface area (Å²) in [7, 11) is 1.79. The van der Waals surface area contributed by atoms with Crippen molar-refractivity contribution in [1.29, 1.82) is 0 Å². The van der Waals surface area contributed by atoms with Crippen molar-refractivity contribution >= 4 is 17.7 Å². The number of carbonyl (C=O) groups is 1. The molecule has 18 heavy (non-hydrogen) atoms. The second-order valence-corrected chi connectivity index (χ2v) is 5.12. The minimum atomic E-state index is -0.111. The van der Waals surface area contributed by atoms with E-state index in [4.69, 9.17) is 0 Å². The third-order valence-corrected chi connectivity index (χ3v) is 3.91. The number of rotatable bonds is 1. The van der Waals surface area contributed by atoms with E-state index in [0.29, 0.717) is 0 Å². The summed E-state index contributed by atoms with van der Waals surface area (Å²) in [6.07, 6.45) is 5.51. The highest BCUT2D eigenvalue weighted by atomic mass is 16.2. The summed E-state index contributed by atoms with van der Waals surface area (Å²) in [5.74, 6) is 1.54. The summed E-state index contributed by atoms with van der Waals surface area (Å²) >= 11 is 0. The molecule has 1 unspecified atom stereocenters. The molecular formula is C13H18N4O. The van der Waals surface area contributed by atoms with Crippen LogP contribution in [0.1, 0.15) is 37.7 Å². The highest BCUT2D eigenvalue weighted by molar-refractivity contribution is 6.03. The Hall–Kier alpha value is -1.65. The van der Waals surface area contributed by atoms with Crippen LogP contribution >= 0.6 is 0 Å². The molecule has 1 amide bonds. The van der Waals surface area contributed by atoms with Crippen molar-refractivity contribution < 1.29 is 4.79 Å². The summed E-state index contributed by atoms with van der Waals surface area (Å²) in [5.41, 5.74) is 0.947. The standard InChI is InChI=1S/C13H18N4O/c1-9-10-8-14-13(17-6-4-3-5-7-17)15-11(10)16(2)12(9)18/h8-9H,3-7H2,1-2H3. The number of nitrogens with zero attached hydrogens (tertiary/aromatic N) is 4. The number of amides is 1. The van der Waals surface area contributed by atoms with Crippen LogP contribution in [0.2, 0.25) is 0 Å². The van der Waals surface area contributed by atoms with Crippen LogP contribution in [-0.2, 0) is 4.79 Å². The molecule has 3 rings (SSSR count). The minimum Gasteiger partial charge on any atom is -0.341 e. The zero-order chi connectivity index (χ0) is 12.7. The van der Waals surface area contributed by atoms with Gasteiger partial charge in [0.15, 0.2) is 0 Å². The van der Waals surface area contributed by atoms with E-state index >= 15 is 0 Å². The van der Waals surface area contributed by atoms with Gasteiger partial charge in [0, 0.05) is 31.9 Å². The third kappa shape index (κ3) is 1.65. The Bertz CT molecular complexity index is 482. The maximum atomic E-state index is 11.9. The second kappa shape index (κ2) is 4.23. The Kier molecular flexibility index (Phi) is 2.69. The molecule has 0 radical (unpaired) electrons. The van der Waals surface area contributed by atoms with Gasteiger partial charge in [-0.05, 0) is 26.2 Å². The zero-order valence-corrected chi connectivity index (χ0v) is 10.9. The molecule has 0 aromatic carbocycles. The van der Waals surface area contributed by atoms with E-state index in [1.54, 1.807) is 11.9 Å². The van der Waals surface area contributed by atoms with Crippen LogP contribution in [0.25, 0.3) is 0 Å². The van der Waals surface area contributed by atoms with Crippen LogP contribution in [0.4, 0.5) is 11.8 Å². The number of hydrogen-bond acceptors (Lipinski definition) is 4. The monoisotopic (exact) mass is 246 g/mol. The average molecular weight is 246 g/mol. The number of piperidine rings is 1. The molecule has 1 atom stereocenters. The number of aromatic nitrogens is 2. The van der Waals surface area contributed by atoms with Gasteiger partial charge >= 0.3 is 0 Å². The molecule has 0 bridgehead atoms. The lowest BCUT2D eigenvalue weighted by molar-refractivity contribution is -0.118. The van der Waals surface area contributed by atoms with Gasteiger partial charge in [-0.15, -0.1) is 0 Å². The summed E-state index contributed by atoms with van der Waals surface area (Å²) in [4.78, 5) is 24.8. The summed E-state index contributed by atoms with van der Waals surface area (Å²) in [6.45, 7) is 3.95. The smallest absolute Gasteiger partial charge is 0.235 e. The fourth-order valence-corrected chi connectivity index (χ4v) is 2.72. The van der Waals surface area contributed by atoms with Crippen molar-refractivity contribution in [3.05, 3.63) is 11.8 Å².